The van der Waals surface area contributed by atoms with E-state index in [-0.39, 0.29) is 17.6 Å². The molecule has 0 radical (unpaired) electrons. The molecule has 3 heteroatoms. The minimum Gasteiger partial charge on any atom is -0.335 e. The van der Waals surface area contributed by atoms with E-state index in [2.05, 4.69) is 13.2 Å². The van der Waals surface area contributed by atoms with Gasteiger partial charge in [0.05, 0.1) is 5.92 Å². The van der Waals surface area contributed by atoms with Gasteiger partial charge in [-0.1, -0.05) is 19.1 Å². The van der Waals surface area contributed by atoms with E-state index < -0.39 is 5.92 Å². The summed E-state index contributed by atoms with van der Waals surface area (Å²) in [6, 6.07) is 0. The Bertz CT molecular complexity index is 299. The van der Waals surface area contributed by atoms with Gasteiger partial charge >= 0.3 is 0 Å². The van der Waals surface area contributed by atoms with Crippen molar-refractivity contribution in [3.05, 3.63) is 25.3 Å². The van der Waals surface area contributed by atoms with E-state index in [0.29, 0.717) is 19.5 Å². The van der Waals surface area contributed by atoms with Gasteiger partial charge in [-0.05, 0) is 12.3 Å². The van der Waals surface area contributed by atoms with Crippen molar-refractivity contribution in [1.82, 2.24) is 4.90 Å². The third-order valence-electron chi connectivity index (χ3n) is 3.04. The second-order valence-electron chi connectivity index (χ2n) is 4.28. The zero-order chi connectivity index (χ0) is 12.1. The Kier molecular flexibility index (Phi) is 4.47. The quantitative estimate of drug-likeness (QED) is 0.524. The van der Waals surface area contributed by atoms with Gasteiger partial charge in [0, 0.05) is 19.5 Å². The Hall–Kier alpha value is -1.38. The normalized spacial score (nSPS) is 24.2. The van der Waals surface area contributed by atoms with Crippen LogP contribution in [-0.2, 0) is 9.59 Å². The van der Waals surface area contributed by atoms with Crippen molar-refractivity contribution in [3.8, 4) is 0 Å². The fourth-order valence-corrected chi connectivity index (χ4v) is 2.15. The maximum Gasteiger partial charge on any atom is 0.233 e. The lowest BCUT2D eigenvalue weighted by Gasteiger charge is -2.24. The van der Waals surface area contributed by atoms with Crippen LogP contribution < -0.4 is 0 Å². The van der Waals surface area contributed by atoms with Crippen LogP contribution in [0.25, 0.3) is 0 Å². The highest BCUT2D eigenvalue weighted by atomic mass is 16.2. The van der Waals surface area contributed by atoms with Crippen LogP contribution in [0.1, 0.15) is 19.8 Å². The van der Waals surface area contributed by atoms with E-state index in [0.717, 1.165) is 6.42 Å². The van der Waals surface area contributed by atoms with Crippen LogP contribution in [0.5, 0.6) is 0 Å². The molecule has 0 aromatic carbocycles. The number of hydrogen-bond acceptors (Lipinski definition) is 2. The summed E-state index contributed by atoms with van der Waals surface area (Å²) in [6.07, 6.45) is 4.70. The number of carbonyl (C=O) groups is 2. The summed E-state index contributed by atoms with van der Waals surface area (Å²) in [4.78, 5) is 25.4. The van der Waals surface area contributed by atoms with E-state index in [4.69, 9.17) is 0 Å². The van der Waals surface area contributed by atoms with Gasteiger partial charge in [-0.3, -0.25) is 9.59 Å². The van der Waals surface area contributed by atoms with Gasteiger partial charge in [0.15, 0.2) is 0 Å². The molecule has 0 unspecified atom stereocenters. The fourth-order valence-electron chi connectivity index (χ4n) is 2.15. The van der Waals surface area contributed by atoms with E-state index in [9.17, 15) is 9.59 Å². The smallest absolute Gasteiger partial charge is 0.233 e. The van der Waals surface area contributed by atoms with Crippen molar-refractivity contribution >= 4 is 11.7 Å². The lowest BCUT2D eigenvalue weighted by atomic mass is 9.96. The van der Waals surface area contributed by atoms with Gasteiger partial charge in [0.2, 0.25) is 5.91 Å². The van der Waals surface area contributed by atoms with Crippen molar-refractivity contribution in [2.75, 3.05) is 13.1 Å². The average Bonchev–Trinajstić information content (AvgIpc) is 2.57. The molecule has 1 amide bonds. The van der Waals surface area contributed by atoms with Gasteiger partial charge < -0.3 is 4.90 Å². The highest BCUT2D eigenvalue weighted by Crippen LogP contribution is 2.29. The van der Waals surface area contributed by atoms with Crippen LogP contribution in [0.2, 0.25) is 0 Å². The topological polar surface area (TPSA) is 37.4 Å². The summed E-state index contributed by atoms with van der Waals surface area (Å²) in [6.45, 7) is 10.1. The van der Waals surface area contributed by atoms with Crippen LogP contribution in [-0.4, -0.2) is 29.7 Å². The molecule has 1 aliphatic carbocycles. The molecule has 1 aliphatic rings. The molecule has 0 heterocycles. The Balaban J connectivity index is 2.76. The Morgan fingerprint density at radius 3 is 2.38 bits per heavy atom. The zero-order valence-electron chi connectivity index (χ0n) is 9.82. The van der Waals surface area contributed by atoms with Gasteiger partial charge in [-0.2, -0.15) is 0 Å². The third-order valence-corrected chi connectivity index (χ3v) is 3.04. The molecule has 2 atom stereocenters. The van der Waals surface area contributed by atoms with E-state index in [1.54, 1.807) is 17.1 Å². The van der Waals surface area contributed by atoms with Crippen molar-refractivity contribution < 1.29 is 9.59 Å². The maximum atomic E-state index is 12.2. The molecule has 3 nitrogen and oxygen atoms in total. The summed E-state index contributed by atoms with van der Waals surface area (Å²) in [5.41, 5.74) is 0. The predicted octanol–water partition coefficient (Wildman–Crippen LogP) is 1.80. The van der Waals surface area contributed by atoms with Gasteiger partial charge in [-0.25, -0.2) is 0 Å². The van der Waals surface area contributed by atoms with Crippen LogP contribution >= 0.6 is 0 Å². The summed E-state index contributed by atoms with van der Waals surface area (Å²) >= 11 is 0. The molecule has 1 fully saturated rings. The number of rotatable bonds is 5. The lowest BCUT2D eigenvalue weighted by molar-refractivity contribution is -0.140. The Labute approximate surface area is 96.8 Å². The molecule has 1 rings (SSSR count). The van der Waals surface area contributed by atoms with Crippen molar-refractivity contribution in [1.29, 1.82) is 0 Å². The van der Waals surface area contributed by atoms with Crippen molar-refractivity contribution in [3.63, 3.8) is 0 Å². The van der Waals surface area contributed by atoms with Gasteiger partial charge in [-0.15, -0.1) is 13.2 Å². The molecule has 0 N–H and O–H groups in total. The first-order chi connectivity index (χ1) is 7.61. The molecule has 88 valence electrons. The minimum absolute atomic E-state index is 0.0743. The third kappa shape index (κ3) is 2.60. The van der Waals surface area contributed by atoms with E-state index in [1.165, 1.54) is 0 Å². The molecule has 0 saturated heterocycles. The molecular formula is C13H19NO2. The first-order valence-electron chi connectivity index (χ1n) is 5.65. The molecule has 1 saturated carbocycles. The van der Waals surface area contributed by atoms with Crippen molar-refractivity contribution in [2.45, 2.75) is 19.8 Å². The standard InChI is InChI=1S/C13H19NO2/c1-4-8-14(9-5-2)13(16)12-10(3)6-7-11(12)15/h4-5,10,12H,1-2,6-9H2,3H3/t10-,12+/m0/s1. The second kappa shape index (κ2) is 5.64. The van der Waals surface area contributed by atoms with Gasteiger partial charge in [0.25, 0.3) is 0 Å². The van der Waals surface area contributed by atoms with Crippen molar-refractivity contribution in [2.24, 2.45) is 11.8 Å². The lowest BCUT2D eigenvalue weighted by Crippen LogP contribution is -2.39. The van der Waals surface area contributed by atoms with E-state index >= 15 is 0 Å². The fraction of sp³-hybridized carbons (Fsp3) is 0.538. The predicted molar refractivity (Wildman–Crippen MR) is 63.9 cm³/mol. The Morgan fingerprint density at radius 2 is 2.00 bits per heavy atom. The SMILES string of the molecule is C=CCN(CC=C)C(=O)[C@H]1C(=O)CC[C@@H]1C. The second-order valence-corrected chi connectivity index (χ2v) is 4.28. The molecule has 0 aromatic rings. The Morgan fingerprint density at radius 1 is 1.44 bits per heavy atom. The monoisotopic (exact) mass is 221 g/mol. The number of nitrogens with zero attached hydrogens (tertiary/aromatic N) is 1. The summed E-state index contributed by atoms with van der Waals surface area (Å²) in [5.74, 6) is -0.276. The number of ketones is 1. The van der Waals surface area contributed by atoms with Gasteiger partial charge in [0.1, 0.15) is 5.78 Å². The maximum absolute atomic E-state index is 12.2. The summed E-state index contributed by atoms with van der Waals surface area (Å²) < 4.78 is 0. The summed E-state index contributed by atoms with van der Waals surface area (Å²) in [7, 11) is 0. The molecule has 0 spiro atoms. The average molecular weight is 221 g/mol. The molecular weight excluding hydrogens is 202 g/mol. The summed E-state index contributed by atoms with van der Waals surface area (Å²) in [5, 5.41) is 0. The number of Topliss-reactive ketones (excluding diaryl/α,β-unsaturated/α-hetero) is 1. The van der Waals surface area contributed by atoms with E-state index in [1.807, 2.05) is 6.92 Å². The van der Waals surface area contributed by atoms with Crippen LogP contribution in [0.4, 0.5) is 0 Å². The largest absolute Gasteiger partial charge is 0.335 e. The number of hydrogen-bond donors (Lipinski definition) is 0. The van der Waals surface area contributed by atoms with Crippen LogP contribution in [0.15, 0.2) is 25.3 Å². The molecule has 0 aromatic heterocycles. The number of amides is 1. The first kappa shape index (κ1) is 12.7. The van der Waals surface area contributed by atoms with Crippen LogP contribution in [0.3, 0.4) is 0 Å². The van der Waals surface area contributed by atoms with Crippen LogP contribution in [0, 0.1) is 11.8 Å². The first-order valence-corrected chi connectivity index (χ1v) is 5.65. The number of carbonyl (C=O) groups excluding carboxylic acids is 2. The molecule has 16 heavy (non-hydrogen) atoms. The minimum atomic E-state index is -0.445. The highest BCUT2D eigenvalue weighted by Gasteiger charge is 2.38. The molecule has 0 aliphatic heterocycles. The zero-order valence-corrected chi connectivity index (χ0v) is 9.82. The highest BCUT2D eigenvalue weighted by molar-refractivity contribution is 6.03. The molecule has 0 bridgehead atoms.